The lowest BCUT2D eigenvalue weighted by molar-refractivity contribution is 0.102. The Labute approximate surface area is 136 Å². The molecule has 2 rings (SSSR count). The van der Waals surface area contributed by atoms with Crippen LogP contribution in [-0.2, 0) is 0 Å². The molecular formula is C15H13BrN2O2S. The summed E-state index contributed by atoms with van der Waals surface area (Å²) >= 11 is 8.27. The number of benzene rings is 2. The van der Waals surface area contributed by atoms with Gasteiger partial charge in [0.2, 0.25) is 0 Å². The van der Waals surface area contributed by atoms with Gasteiger partial charge in [0.05, 0.1) is 18.4 Å². The summed E-state index contributed by atoms with van der Waals surface area (Å²) in [4.78, 5) is 12.5. The molecule has 0 radical (unpaired) electrons. The molecule has 108 valence electrons. The van der Waals surface area contributed by atoms with Gasteiger partial charge in [0.15, 0.2) is 0 Å². The summed E-state index contributed by atoms with van der Waals surface area (Å²) in [6, 6.07) is 12.3. The fourth-order valence-corrected chi connectivity index (χ4v) is 2.37. The van der Waals surface area contributed by atoms with Gasteiger partial charge in [-0.3, -0.25) is 4.79 Å². The Morgan fingerprint density at radius 1 is 1.29 bits per heavy atom. The standard InChI is InChI=1S/C15H13BrN2O2S/c1-20-13-8-9(14(17)21)6-7-12(13)18-15(19)10-4-2-3-5-11(10)16/h2-8H,1H3,(H2,17,21)(H,18,19). The zero-order valence-electron chi connectivity index (χ0n) is 11.2. The van der Waals surface area contributed by atoms with E-state index in [-0.39, 0.29) is 10.9 Å². The van der Waals surface area contributed by atoms with Gasteiger partial charge in [-0.25, -0.2) is 0 Å². The fourth-order valence-electron chi connectivity index (χ4n) is 1.78. The molecule has 1 amide bonds. The van der Waals surface area contributed by atoms with Crippen molar-refractivity contribution in [2.75, 3.05) is 12.4 Å². The topological polar surface area (TPSA) is 64.3 Å². The highest BCUT2D eigenvalue weighted by molar-refractivity contribution is 9.10. The molecule has 0 aliphatic rings. The Balaban J connectivity index is 2.29. The third kappa shape index (κ3) is 3.59. The lowest BCUT2D eigenvalue weighted by atomic mass is 10.1. The van der Waals surface area contributed by atoms with Crippen molar-refractivity contribution < 1.29 is 9.53 Å². The van der Waals surface area contributed by atoms with E-state index in [9.17, 15) is 4.79 Å². The van der Waals surface area contributed by atoms with Crippen molar-refractivity contribution in [3.8, 4) is 5.75 Å². The number of methoxy groups -OCH3 is 1. The molecule has 2 aromatic carbocycles. The smallest absolute Gasteiger partial charge is 0.256 e. The Hall–Kier alpha value is -1.92. The number of carbonyl (C=O) groups excluding carboxylic acids is 1. The van der Waals surface area contributed by atoms with Crippen LogP contribution in [0.1, 0.15) is 15.9 Å². The van der Waals surface area contributed by atoms with Crippen LogP contribution in [0.2, 0.25) is 0 Å². The minimum atomic E-state index is -0.233. The van der Waals surface area contributed by atoms with E-state index in [2.05, 4.69) is 21.2 Å². The van der Waals surface area contributed by atoms with Gasteiger partial charge in [-0.05, 0) is 46.3 Å². The predicted octanol–water partition coefficient (Wildman–Crippen LogP) is 3.34. The average molecular weight is 365 g/mol. The number of thiocarbonyl (C=S) groups is 1. The maximum Gasteiger partial charge on any atom is 0.256 e. The van der Waals surface area contributed by atoms with Crippen molar-refractivity contribution in [3.63, 3.8) is 0 Å². The van der Waals surface area contributed by atoms with Crippen LogP contribution in [0.15, 0.2) is 46.9 Å². The Morgan fingerprint density at radius 2 is 2.00 bits per heavy atom. The summed E-state index contributed by atoms with van der Waals surface area (Å²) in [6.07, 6.45) is 0. The highest BCUT2D eigenvalue weighted by Crippen LogP contribution is 2.27. The second kappa shape index (κ2) is 6.69. The maximum atomic E-state index is 12.3. The first-order chi connectivity index (χ1) is 10.0. The third-order valence-electron chi connectivity index (χ3n) is 2.85. The van der Waals surface area contributed by atoms with Gasteiger partial charge in [-0.15, -0.1) is 0 Å². The molecule has 0 bridgehead atoms. The van der Waals surface area contributed by atoms with Crippen LogP contribution in [-0.4, -0.2) is 18.0 Å². The first-order valence-corrected chi connectivity index (χ1v) is 7.26. The van der Waals surface area contributed by atoms with Crippen LogP contribution in [0, 0.1) is 0 Å². The van der Waals surface area contributed by atoms with E-state index in [1.165, 1.54) is 7.11 Å². The molecule has 2 aromatic rings. The van der Waals surface area contributed by atoms with E-state index in [1.807, 2.05) is 12.1 Å². The molecule has 0 atom stereocenters. The summed E-state index contributed by atoms with van der Waals surface area (Å²) < 4.78 is 5.98. The zero-order valence-corrected chi connectivity index (χ0v) is 13.6. The van der Waals surface area contributed by atoms with Crippen LogP contribution in [0.25, 0.3) is 0 Å². The van der Waals surface area contributed by atoms with Gasteiger partial charge >= 0.3 is 0 Å². The molecule has 0 fully saturated rings. The van der Waals surface area contributed by atoms with E-state index in [1.54, 1.807) is 30.3 Å². The normalized spacial score (nSPS) is 10.0. The zero-order chi connectivity index (χ0) is 15.4. The molecule has 0 spiro atoms. The van der Waals surface area contributed by atoms with Crippen LogP contribution in [0.3, 0.4) is 0 Å². The Kier molecular flexibility index (Phi) is 4.93. The van der Waals surface area contributed by atoms with E-state index < -0.39 is 0 Å². The van der Waals surface area contributed by atoms with Crippen LogP contribution in [0.5, 0.6) is 5.75 Å². The molecule has 21 heavy (non-hydrogen) atoms. The van der Waals surface area contributed by atoms with Gasteiger partial charge in [-0.1, -0.05) is 24.4 Å². The number of hydrogen-bond acceptors (Lipinski definition) is 3. The number of anilines is 1. The molecule has 0 heterocycles. The molecule has 3 N–H and O–H groups in total. The predicted molar refractivity (Wildman–Crippen MR) is 91.0 cm³/mol. The van der Waals surface area contributed by atoms with E-state index in [0.29, 0.717) is 22.6 Å². The lowest BCUT2D eigenvalue weighted by Gasteiger charge is -2.12. The highest BCUT2D eigenvalue weighted by atomic mass is 79.9. The highest BCUT2D eigenvalue weighted by Gasteiger charge is 2.13. The molecule has 0 saturated heterocycles. The number of nitrogens with two attached hydrogens (primary N) is 1. The quantitative estimate of drug-likeness (QED) is 0.816. The number of hydrogen-bond donors (Lipinski definition) is 2. The van der Waals surface area contributed by atoms with Crippen LogP contribution in [0.4, 0.5) is 5.69 Å². The second-order valence-electron chi connectivity index (χ2n) is 4.21. The van der Waals surface area contributed by atoms with Crippen molar-refractivity contribution in [1.29, 1.82) is 0 Å². The summed E-state index contributed by atoms with van der Waals surface area (Å²) in [5.41, 5.74) is 7.36. The van der Waals surface area contributed by atoms with Crippen LogP contribution >= 0.6 is 28.1 Å². The summed E-state index contributed by atoms with van der Waals surface area (Å²) in [5.74, 6) is 0.268. The monoisotopic (exact) mass is 364 g/mol. The number of amides is 1. The van der Waals surface area contributed by atoms with Gasteiger partial charge in [0.25, 0.3) is 5.91 Å². The fraction of sp³-hybridized carbons (Fsp3) is 0.0667. The number of rotatable bonds is 4. The maximum absolute atomic E-state index is 12.3. The number of ether oxygens (including phenoxy) is 1. The second-order valence-corrected chi connectivity index (χ2v) is 5.51. The molecule has 0 aromatic heterocycles. The van der Waals surface area contributed by atoms with Crippen molar-refractivity contribution in [3.05, 3.63) is 58.1 Å². The molecule has 0 saturated carbocycles. The molecule has 6 heteroatoms. The largest absolute Gasteiger partial charge is 0.495 e. The number of nitrogens with one attached hydrogen (secondary N) is 1. The van der Waals surface area contributed by atoms with Crippen molar-refractivity contribution >= 4 is 44.7 Å². The molecule has 0 aliphatic carbocycles. The lowest BCUT2D eigenvalue weighted by Crippen LogP contribution is -2.14. The number of halogens is 1. The van der Waals surface area contributed by atoms with E-state index in [4.69, 9.17) is 22.7 Å². The summed E-state index contributed by atoms with van der Waals surface area (Å²) in [5, 5.41) is 2.81. The number of carbonyl (C=O) groups is 1. The van der Waals surface area contributed by atoms with Crippen molar-refractivity contribution in [1.82, 2.24) is 0 Å². The van der Waals surface area contributed by atoms with E-state index >= 15 is 0 Å². The van der Waals surface area contributed by atoms with Gasteiger partial charge in [0.1, 0.15) is 10.7 Å². The molecular weight excluding hydrogens is 352 g/mol. The van der Waals surface area contributed by atoms with Crippen molar-refractivity contribution in [2.45, 2.75) is 0 Å². The van der Waals surface area contributed by atoms with Crippen molar-refractivity contribution in [2.24, 2.45) is 5.73 Å². The molecule has 4 nitrogen and oxygen atoms in total. The summed E-state index contributed by atoms with van der Waals surface area (Å²) in [6.45, 7) is 0. The minimum Gasteiger partial charge on any atom is -0.495 e. The SMILES string of the molecule is COc1cc(C(N)=S)ccc1NC(=O)c1ccccc1Br. The first kappa shape index (κ1) is 15.5. The molecule has 0 aliphatic heterocycles. The third-order valence-corrected chi connectivity index (χ3v) is 3.78. The van der Waals surface area contributed by atoms with E-state index in [0.717, 1.165) is 4.47 Å². The van der Waals surface area contributed by atoms with Gasteiger partial charge in [-0.2, -0.15) is 0 Å². The Bertz CT molecular complexity index is 704. The first-order valence-electron chi connectivity index (χ1n) is 6.06. The van der Waals surface area contributed by atoms with Crippen LogP contribution < -0.4 is 15.8 Å². The minimum absolute atomic E-state index is 0.233. The van der Waals surface area contributed by atoms with Gasteiger partial charge in [0, 0.05) is 10.0 Å². The average Bonchev–Trinajstić information content (AvgIpc) is 2.47. The van der Waals surface area contributed by atoms with Gasteiger partial charge < -0.3 is 15.8 Å². The Morgan fingerprint density at radius 3 is 2.62 bits per heavy atom. The summed E-state index contributed by atoms with van der Waals surface area (Å²) in [7, 11) is 1.52. The molecule has 0 unspecified atom stereocenters.